The van der Waals surface area contributed by atoms with Gasteiger partial charge in [-0.05, 0) is 153 Å². The van der Waals surface area contributed by atoms with E-state index >= 15 is 0 Å². The van der Waals surface area contributed by atoms with Gasteiger partial charge in [-0.2, -0.15) is 0 Å². The van der Waals surface area contributed by atoms with E-state index < -0.39 is 54.3 Å². The molecule has 4 bridgehead atoms. The predicted octanol–water partition coefficient (Wildman–Crippen LogP) is 3.69. The van der Waals surface area contributed by atoms with Gasteiger partial charge in [-0.3, -0.25) is 4.79 Å². The van der Waals surface area contributed by atoms with Gasteiger partial charge < -0.3 is 60.0 Å². The van der Waals surface area contributed by atoms with Crippen molar-refractivity contribution in [3.63, 3.8) is 0 Å². The molecule has 7 rings (SSSR count). The summed E-state index contributed by atoms with van der Waals surface area (Å²) in [5, 5.41) is 78.3. The first-order chi connectivity index (χ1) is 30.2. The predicted molar refractivity (Wildman–Crippen MR) is 232 cm³/mol. The second-order valence-electron chi connectivity index (χ2n) is 18.8. The number of fused-ring (bicyclic) bond motifs is 5. The molecule has 0 amide bonds. The molecule has 14 heteroatoms. The zero-order chi connectivity index (χ0) is 45.0. The van der Waals surface area contributed by atoms with Crippen LogP contribution in [0.1, 0.15) is 93.4 Å². The number of aromatic hydroxyl groups is 1. The fraction of sp³-hybridized carbons (Fsp3) is 0.633. The van der Waals surface area contributed by atoms with Crippen molar-refractivity contribution >= 4 is 18.0 Å². The standard InChI is InChI=1S/C49H67NO13/c1-27-18-33(37-22-32(27)8-10-34(37)25-52)11-13-43(56)61-46-44(57)45-40(50-24-28(2)54)14-16-49(59,63-45)47(46)62-48(58)36(19-30-5-12-41(55)42(21-30)60-3)23-39-35(26-53)9-7-31-6-4-29(15-17-51)20-38(31)39/h4-6,12,14,16,19-21,27-28,32-35,37,39-40,44-47,50-55,57,59H,7-11,13,15,17-18,22-26H2,1-3H3. The van der Waals surface area contributed by atoms with Crippen LogP contribution in [-0.2, 0) is 36.6 Å². The number of methoxy groups -OCH3 is 1. The van der Waals surface area contributed by atoms with Crippen molar-refractivity contribution in [2.24, 2.45) is 35.5 Å². The Morgan fingerprint density at radius 1 is 1.02 bits per heavy atom. The van der Waals surface area contributed by atoms with Crippen molar-refractivity contribution in [3.8, 4) is 11.5 Å². The molecule has 14 atom stereocenters. The molecule has 0 spiro atoms. The van der Waals surface area contributed by atoms with Crippen LogP contribution in [0, 0.1) is 35.5 Å². The number of aliphatic hydroxyl groups excluding tert-OH is 5. The van der Waals surface area contributed by atoms with Crippen molar-refractivity contribution in [1.29, 1.82) is 0 Å². The summed E-state index contributed by atoms with van der Waals surface area (Å²) >= 11 is 0. The minimum absolute atomic E-state index is 0.0137. The molecule has 0 aromatic heterocycles. The molecule has 14 unspecified atom stereocenters. The molecule has 63 heavy (non-hydrogen) atoms. The zero-order valence-corrected chi connectivity index (χ0v) is 36.7. The molecule has 14 nitrogen and oxygen atoms in total. The zero-order valence-electron chi connectivity index (χ0n) is 36.7. The van der Waals surface area contributed by atoms with Gasteiger partial charge in [0.15, 0.2) is 23.7 Å². The van der Waals surface area contributed by atoms with Gasteiger partial charge in [0.1, 0.15) is 12.2 Å². The highest BCUT2D eigenvalue weighted by atomic mass is 16.7. The number of ether oxygens (including phenoxy) is 4. The average Bonchev–Trinajstić information content (AvgIpc) is 3.27. The van der Waals surface area contributed by atoms with Crippen LogP contribution in [-0.4, -0.2) is 124 Å². The summed E-state index contributed by atoms with van der Waals surface area (Å²) in [6.45, 7) is 3.90. The highest BCUT2D eigenvalue weighted by Gasteiger charge is 2.60. The molecule has 2 aromatic carbocycles. The minimum Gasteiger partial charge on any atom is -0.504 e. The maximum atomic E-state index is 14.9. The van der Waals surface area contributed by atoms with Gasteiger partial charge in [0.2, 0.25) is 5.79 Å². The number of hydrogen-bond acceptors (Lipinski definition) is 14. The second-order valence-corrected chi connectivity index (χ2v) is 18.8. The minimum atomic E-state index is -2.34. The molecule has 2 heterocycles. The maximum absolute atomic E-state index is 14.9. The van der Waals surface area contributed by atoms with E-state index in [0.29, 0.717) is 42.6 Å². The van der Waals surface area contributed by atoms with Crippen molar-refractivity contribution in [3.05, 3.63) is 76.4 Å². The molecule has 8 N–H and O–H groups in total. The van der Waals surface area contributed by atoms with Crippen LogP contribution < -0.4 is 10.1 Å². The fourth-order valence-corrected chi connectivity index (χ4v) is 11.2. The topological polar surface area (TPSA) is 225 Å². The lowest BCUT2D eigenvalue weighted by molar-refractivity contribution is -0.333. The molecular formula is C49H67NO13. The van der Waals surface area contributed by atoms with E-state index in [1.165, 1.54) is 19.3 Å². The van der Waals surface area contributed by atoms with Crippen LogP contribution in [0.3, 0.4) is 0 Å². The number of hydrogen-bond donors (Lipinski definition) is 8. The molecule has 3 aliphatic carbocycles. The largest absolute Gasteiger partial charge is 0.504 e. The number of carbonyl (C=O) groups excluding carboxylic acids is 2. The number of phenols is 1. The SMILES string of the molecule is COc1cc(C=C(CC2c3cc(CCO)ccc3CCC2CO)C(=O)OC2C(OC(=O)CCC3CC(C)C4CCC(CO)C3C4)C(O)C3OC2(O)C=CC3NCC(C)O)ccc1O. The van der Waals surface area contributed by atoms with Gasteiger partial charge in [0.05, 0.1) is 19.3 Å². The normalized spacial score (nSPS) is 34.1. The van der Waals surface area contributed by atoms with Crippen LogP contribution in [0.2, 0.25) is 0 Å². The number of esters is 2. The van der Waals surface area contributed by atoms with E-state index in [-0.39, 0.29) is 80.0 Å². The Morgan fingerprint density at radius 3 is 2.54 bits per heavy atom. The summed E-state index contributed by atoms with van der Waals surface area (Å²) in [5.41, 5.74) is 3.52. The number of aliphatic hydroxyl groups is 6. The summed E-state index contributed by atoms with van der Waals surface area (Å²) in [7, 11) is 1.41. The molecule has 5 aliphatic rings. The first kappa shape index (κ1) is 47.1. The summed E-state index contributed by atoms with van der Waals surface area (Å²) in [6, 6.07) is 9.89. The molecule has 0 radical (unpaired) electrons. The average molecular weight is 878 g/mol. The Morgan fingerprint density at radius 2 is 1.81 bits per heavy atom. The van der Waals surface area contributed by atoms with Crippen molar-refractivity contribution in [1.82, 2.24) is 5.32 Å². The Hall–Kier alpha value is -3.86. The highest BCUT2D eigenvalue weighted by Crippen LogP contribution is 2.50. The van der Waals surface area contributed by atoms with Gasteiger partial charge in [0, 0.05) is 38.4 Å². The number of rotatable bonds is 17. The van der Waals surface area contributed by atoms with Gasteiger partial charge >= 0.3 is 11.9 Å². The number of carbonyl (C=O) groups is 2. The molecule has 3 fully saturated rings. The van der Waals surface area contributed by atoms with Crippen molar-refractivity contribution in [2.75, 3.05) is 33.5 Å². The van der Waals surface area contributed by atoms with Gasteiger partial charge in [-0.1, -0.05) is 37.3 Å². The molecule has 2 aromatic rings. The first-order valence-electron chi connectivity index (χ1n) is 22.9. The van der Waals surface area contributed by atoms with E-state index in [0.717, 1.165) is 48.8 Å². The lowest BCUT2D eigenvalue weighted by Crippen LogP contribution is -2.71. The van der Waals surface area contributed by atoms with E-state index in [2.05, 4.69) is 12.2 Å². The van der Waals surface area contributed by atoms with Gasteiger partial charge in [-0.15, -0.1) is 0 Å². The second kappa shape index (κ2) is 20.5. The van der Waals surface area contributed by atoms with Crippen molar-refractivity contribution < 1.29 is 64.3 Å². The van der Waals surface area contributed by atoms with Gasteiger partial charge in [0.25, 0.3) is 0 Å². The molecule has 2 aliphatic heterocycles. The van der Waals surface area contributed by atoms with Crippen LogP contribution in [0.5, 0.6) is 11.5 Å². The van der Waals surface area contributed by atoms with E-state index in [1.54, 1.807) is 31.2 Å². The molecule has 346 valence electrons. The Kier molecular flexibility index (Phi) is 15.4. The van der Waals surface area contributed by atoms with E-state index in [9.17, 15) is 45.3 Å². The molecular weight excluding hydrogens is 811 g/mol. The number of benzene rings is 2. The van der Waals surface area contributed by atoms with Crippen molar-refractivity contribution in [2.45, 2.75) is 126 Å². The quantitative estimate of drug-likeness (QED) is 0.0645. The number of aryl methyl sites for hydroxylation is 1. The van der Waals surface area contributed by atoms with Crippen LogP contribution in [0.15, 0.2) is 54.1 Å². The third-order valence-electron chi connectivity index (χ3n) is 14.7. The summed E-state index contributed by atoms with van der Waals surface area (Å²) in [5.74, 6) is -2.62. The Bertz CT molecular complexity index is 1970. The summed E-state index contributed by atoms with van der Waals surface area (Å²) in [4.78, 5) is 28.8. The monoisotopic (exact) mass is 877 g/mol. The Balaban J connectivity index is 1.20. The van der Waals surface area contributed by atoms with Crippen LogP contribution in [0.25, 0.3) is 6.08 Å². The highest BCUT2D eigenvalue weighted by molar-refractivity contribution is 5.94. The third kappa shape index (κ3) is 10.5. The smallest absolute Gasteiger partial charge is 0.334 e. The fourth-order valence-electron chi connectivity index (χ4n) is 11.2. The molecule has 1 saturated heterocycles. The van der Waals surface area contributed by atoms with E-state index in [1.807, 2.05) is 18.2 Å². The van der Waals surface area contributed by atoms with E-state index in [4.69, 9.17) is 18.9 Å². The van der Waals surface area contributed by atoms with Crippen LogP contribution >= 0.6 is 0 Å². The van der Waals surface area contributed by atoms with Gasteiger partial charge in [-0.25, -0.2) is 4.79 Å². The lowest BCUT2D eigenvalue weighted by atomic mass is 9.58. The Labute approximate surface area is 369 Å². The third-order valence-corrected chi connectivity index (χ3v) is 14.7. The lowest BCUT2D eigenvalue weighted by Gasteiger charge is -2.51. The molecule has 2 saturated carbocycles. The number of phenolic OH excluding ortho intramolecular Hbond substituents is 1. The maximum Gasteiger partial charge on any atom is 0.334 e. The van der Waals surface area contributed by atoms with Crippen LogP contribution in [0.4, 0.5) is 0 Å². The number of nitrogens with one attached hydrogen (secondary N) is 1. The summed E-state index contributed by atoms with van der Waals surface area (Å²) in [6.07, 6.45) is 4.12. The first-order valence-corrected chi connectivity index (χ1v) is 22.9. The summed E-state index contributed by atoms with van der Waals surface area (Å²) < 4.78 is 23.8.